The molecule has 0 unspecified atom stereocenters. The molecule has 0 bridgehead atoms. The second-order valence-electron chi connectivity index (χ2n) is 4.66. The SMILES string of the molecule is CC(=CCC(CO)(CO)CO)C(=O)O.O=C(O)CCC(=O)O. The molecule has 22 heavy (non-hydrogen) atoms. The molecule has 0 aromatic heterocycles. The van der Waals surface area contributed by atoms with E-state index in [1.807, 2.05) is 0 Å². The van der Waals surface area contributed by atoms with Crippen LogP contribution in [0.1, 0.15) is 26.2 Å². The van der Waals surface area contributed by atoms with Crippen molar-refractivity contribution in [3.05, 3.63) is 11.6 Å². The van der Waals surface area contributed by atoms with Crippen LogP contribution in [0.25, 0.3) is 0 Å². The molecule has 0 aliphatic rings. The summed E-state index contributed by atoms with van der Waals surface area (Å²) in [6, 6.07) is 0. The zero-order chi connectivity index (χ0) is 17.8. The first kappa shape index (κ1) is 22.3. The summed E-state index contributed by atoms with van der Waals surface area (Å²) >= 11 is 0. The van der Waals surface area contributed by atoms with Crippen LogP contribution < -0.4 is 0 Å². The van der Waals surface area contributed by atoms with E-state index in [0.717, 1.165) is 0 Å². The van der Waals surface area contributed by atoms with E-state index in [4.69, 9.17) is 30.6 Å². The highest BCUT2D eigenvalue weighted by Crippen LogP contribution is 2.21. The van der Waals surface area contributed by atoms with Crippen molar-refractivity contribution in [3.63, 3.8) is 0 Å². The second-order valence-corrected chi connectivity index (χ2v) is 4.66. The van der Waals surface area contributed by atoms with E-state index < -0.39 is 23.3 Å². The Morgan fingerprint density at radius 1 is 0.864 bits per heavy atom. The standard InChI is InChI=1S/C9H16O5.C4H6O4/c1-7(8(13)14)2-3-9(4-10,5-11)6-12;5-3(6)1-2-4(7)8/h2,10-12H,3-6H2,1H3,(H,13,14);1-2H2,(H,5,6)(H,7,8). The van der Waals surface area contributed by atoms with Gasteiger partial charge >= 0.3 is 17.9 Å². The Morgan fingerprint density at radius 2 is 1.23 bits per heavy atom. The summed E-state index contributed by atoms with van der Waals surface area (Å²) in [5, 5.41) is 51.1. The molecule has 0 fully saturated rings. The minimum Gasteiger partial charge on any atom is -0.481 e. The van der Waals surface area contributed by atoms with Gasteiger partial charge in [-0.3, -0.25) is 9.59 Å². The maximum atomic E-state index is 10.4. The quantitative estimate of drug-likeness (QED) is 0.300. The van der Waals surface area contributed by atoms with Crippen molar-refractivity contribution >= 4 is 17.9 Å². The predicted molar refractivity (Wildman–Crippen MR) is 74.2 cm³/mol. The molecular formula is C13H22O9. The highest BCUT2D eigenvalue weighted by Gasteiger charge is 2.26. The number of allylic oxidation sites excluding steroid dienone is 1. The van der Waals surface area contributed by atoms with Crippen LogP contribution in [0.3, 0.4) is 0 Å². The summed E-state index contributed by atoms with van der Waals surface area (Å²) in [6.07, 6.45) is 0.921. The van der Waals surface area contributed by atoms with E-state index in [1.165, 1.54) is 13.0 Å². The van der Waals surface area contributed by atoms with Gasteiger partial charge in [0.2, 0.25) is 0 Å². The van der Waals surface area contributed by atoms with Gasteiger partial charge in [-0.2, -0.15) is 0 Å². The molecule has 128 valence electrons. The molecule has 0 spiro atoms. The lowest BCUT2D eigenvalue weighted by atomic mass is 9.86. The van der Waals surface area contributed by atoms with E-state index in [1.54, 1.807) is 0 Å². The van der Waals surface area contributed by atoms with Crippen LogP contribution in [-0.2, 0) is 14.4 Å². The lowest BCUT2D eigenvalue weighted by Crippen LogP contribution is -2.33. The monoisotopic (exact) mass is 322 g/mol. The Kier molecular flexibility index (Phi) is 11.8. The Labute approximate surface area is 127 Å². The molecule has 0 atom stereocenters. The molecule has 0 aromatic rings. The number of carboxylic acids is 3. The smallest absolute Gasteiger partial charge is 0.330 e. The zero-order valence-corrected chi connectivity index (χ0v) is 12.2. The number of aliphatic hydroxyl groups is 3. The lowest BCUT2D eigenvalue weighted by molar-refractivity contribution is -0.143. The molecule has 6 N–H and O–H groups in total. The first-order valence-electron chi connectivity index (χ1n) is 6.30. The molecule has 0 amide bonds. The van der Waals surface area contributed by atoms with E-state index in [9.17, 15) is 14.4 Å². The van der Waals surface area contributed by atoms with Gasteiger partial charge in [0, 0.05) is 11.0 Å². The number of carbonyl (C=O) groups is 3. The third-order valence-corrected chi connectivity index (χ3v) is 2.74. The Balaban J connectivity index is 0. The van der Waals surface area contributed by atoms with Gasteiger partial charge < -0.3 is 30.6 Å². The number of hydrogen-bond donors (Lipinski definition) is 6. The maximum Gasteiger partial charge on any atom is 0.330 e. The van der Waals surface area contributed by atoms with Gasteiger partial charge in [-0.25, -0.2) is 4.79 Å². The van der Waals surface area contributed by atoms with E-state index >= 15 is 0 Å². The molecule has 9 heteroatoms. The fourth-order valence-electron chi connectivity index (χ4n) is 1.01. The molecule has 0 aliphatic heterocycles. The summed E-state index contributed by atoms with van der Waals surface area (Å²) in [4.78, 5) is 29.7. The largest absolute Gasteiger partial charge is 0.481 e. The van der Waals surface area contributed by atoms with E-state index in [2.05, 4.69) is 0 Å². The summed E-state index contributed by atoms with van der Waals surface area (Å²) in [5.74, 6) is -3.20. The topological polar surface area (TPSA) is 173 Å². The van der Waals surface area contributed by atoms with Crippen LogP contribution in [-0.4, -0.2) is 68.4 Å². The Morgan fingerprint density at radius 3 is 1.45 bits per heavy atom. The summed E-state index contributed by atoms with van der Waals surface area (Å²) in [7, 11) is 0. The van der Waals surface area contributed by atoms with Crippen LogP contribution in [0.2, 0.25) is 0 Å². The van der Waals surface area contributed by atoms with Crippen molar-refractivity contribution in [3.8, 4) is 0 Å². The van der Waals surface area contributed by atoms with Gasteiger partial charge in [0.25, 0.3) is 0 Å². The number of hydrogen-bond acceptors (Lipinski definition) is 6. The fraction of sp³-hybridized carbons (Fsp3) is 0.615. The molecule has 0 aliphatic carbocycles. The number of carboxylic acid groups (broad SMARTS) is 3. The van der Waals surface area contributed by atoms with Crippen molar-refractivity contribution < 1.29 is 45.0 Å². The van der Waals surface area contributed by atoms with Crippen LogP contribution in [0.5, 0.6) is 0 Å². The third kappa shape index (κ3) is 10.8. The van der Waals surface area contributed by atoms with Crippen molar-refractivity contribution in [2.45, 2.75) is 26.2 Å². The molecule has 0 radical (unpaired) electrons. The van der Waals surface area contributed by atoms with Gasteiger partial charge in [0.1, 0.15) is 0 Å². The highest BCUT2D eigenvalue weighted by molar-refractivity contribution is 5.85. The van der Waals surface area contributed by atoms with Gasteiger partial charge in [-0.05, 0) is 13.3 Å². The summed E-state index contributed by atoms with van der Waals surface area (Å²) in [6.45, 7) is 0.259. The second kappa shape index (κ2) is 11.7. The van der Waals surface area contributed by atoms with Crippen molar-refractivity contribution in [1.82, 2.24) is 0 Å². The molecule has 0 aromatic carbocycles. The minimum absolute atomic E-state index is 0.129. The summed E-state index contributed by atoms with van der Waals surface area (Å²) < 4.78 is 0. The first-order valence-corrected chi connectivity index (χ1v) is 6.30. The normalized spacial score (nSPS) is 11.4. The zero-order valence-electron chi connectivity index (χ0n) is 12.2. The van der Waals surface area contributed by atoms with Crippen LogP contribution >= 0.6 is 0 Å². The molecular weight excluding hydrogens is 300 g/mol. The average molecular weight is 322 g/mol. The Bertz CT molecular complexity index is 374. The molecule has 0 saturated carbocycles. The highest BCUT2D eigenvalue weighted by atomic mass is 16.4. The molecule has 0 saturated heterocycles. The molecule has 0 heterocycles. The maximum absolute atomic E-state index is 10.4. The van der Waals surface area contributed by atoms with Gasteiger partial charge in [-0.15, -0.1) is 0 Å². The summed E-state index contributed by atoms with van der Waals surface area (Å²) in [5.41, 5.74) is -0.902. The number of aliphatic carboxylic acids is 3. The van der Waals surface area contributed by atoms with Crippen molar-refractivity contribution in [2.24, 2.45) is 5.41 Å². The fourth-order valence-corrected chi connectivity index (χ4v) is 1.01. The van der Waals surface area contributed by atoms with Crippen molar-refractivity contribution in [1.29, 1.82) is 0 Å². The molecule has 0 rings (SSSR count). The van der Waals surface area contributed by atoms with Gasteiger partial charge in [0.15, 0.2) is 0 Å². The predicted octanol–water partition coefficient (Wildman–Crippen LogP) is -0.693. The third-order valence-electron chi connectivity index (χ3n) is 2.74. The minimum atomic E-state index is -1.08. The van der Waals surface area contributed by atoms with Crippen LogP contribution in [0.4, 0.5) is 0 Å². The number of rotatable bonds is 9. The number of aliphatic hydroxyl groups excluding tert-OH is 3. The first-order chi connectivity index (χ1) is 10.1. The van der Waals surface area contributed by atoms with Crippen LogP contribution in [0.15, 0.2) is 11.6 Å². The van der Waals surface area contributed by atoms with E-state index in [0.29, 0.717) is 0 Å². The Hall–Kier alpha value is -1.97. The molecule has 9 nitrogen and oxygen atoms in total. The lowest BCUT2D eigenvalue weighted by Gasteiger charge is -2.25. The average Bonchev–Trinajstić information content (AvgIpc) is 2.47. The van der Waals surface area contributed by atoms with Crippen molar-refractivity contribution in [2.75, 3.05) is 19.8 Å². The van der Waals surface area contributed by atoms with Gasteiger partial charge in [-0.1, -0.05) is 6.08 Å². The van der Waals surface area contributed by atoms with Gasteiger partial charge in [0.05, 0.1) is 32.7 Å². The van der Waals surface area contributed by atoms with E-state index in [-0.39, 0.29) is 44.7 Å². The van der Waals surface area contributed by atoms with Crippen LogP contribution in [0, 0.1) is 5.41 Å².